The molecule has 1 atom stereocenters. The lowest BCUT2D eigenvalue weighted by Crippen LogP contribution is -2.42. The Morgan fingerprint density at radius 2 is 1.78 bits per heavy atom. The zero-order valence-electron chi connectivity index (χ0n) is 18.1. The van der Waals surface area contributed by atoms with Crippen LogP contribution in [0.4, 0.5) is 18.9 Å². The van der Waals surface area contributed by atoms with Crippen LogP contribution < -0.4 is 9.64 Å². The molecule has 0 fully saturated rings. The molecule has 1 aromatic heterocycles. The van der Waals surface area contributed by atoms with E-state index in [1.807, 2.05) is 61.6 Å². The van der Waals surface area contributed by atoms with Crippen LogP contribution in [-0.2, 0) is 12.7 Å². The number of benzene rings is 2. The zero-order valence-corrected chi connectivity index (χ0v) is 18.1. The third kappa shape index (κ3) is 3.92. The summed E-state index contributed by atoms with van der Waals surface area (Å²) in [4.78, 5) is 17.1. The lowest BCUT2D eigenvalue weighted by Gasteiger charge is -2.37. The van der Waals surface area contributed by atoms with Gasteiger partial charge in [0.2, 0.25) is 0 Å². The highest BCUT2D eigenvalue weighted by Crippen LogP contribution is 2.38. The number of carbonyl (C=O) groups is 1. The third-order valence-electron chi connectivity index (χ3n) is 5.78. The van der Waals surface area contributed by atoms with E-state index in [0.717, 1.165) is 23.0 Å². The van der Waals surface area contributed by atoms with Gasteiger partial charge in [0, 0.05) is 50.3 Å². The molecule has 0 saturated carbocycles. The van der Waals surface area contributed by atoms with Crippen LogP contribution in [0, 0.1) is 0 Å². The molecule has 0 saturated heterocycles. The number of aromatic nitrogens is 1. The van der Waals surface area contributed by atoms with Crippen molar-refractivity contribution in [2.75, 3.05) is 32.6 Å². The number of fused-ring (bicyclic) bond motifs is 1. The number of hydrogen-bond acceptors (Lipinski definition) is 3. The fourth-order valence-corrected chi connectivity index (χ4v) is 4.14. The molecule has 0 radical (unpaired) electrons. The van der Waals surface area contributed by atoms with Crippen LogP contribution in [0.15, 0.2) is 60.8 Å². The second-order valence-electron chi connectivity index (χ2n) is 7.93. The van der Waals surface area contributed by atoms with Crippen molar-refractivity contribution < 1.29 is 22.7 Å². The number of ether oxygens (including phenoxy) is 1. The molecule has 0 spiro atoms. The van der Waals surface area contributed by atoms with Gasteiger partial charge in [0.15, 0.2) is 0 Å². The molecule has 32 heavy (non-hydrogen) atoms. The topological polar surface area (TPSA) is 37.7 Å². The molecule has 0 aliphatic carbocycles. The van der Waals surface area contributed by atoms with E-state index in [1.54, 1.807) is 4.90 Å². The molecule has 5 nitrogen and oxygen atoms in total. The standard InChI is InChI=1S/C24H24F3N3O2/c1-28(2)18-9-6-16(7-10-18)22-20-5-4-12-29(20)13-14-30(22)23(31)17-8-11-21(32-3)19(15-17)24(25,26)27/h4-12,15,22H,13-14H2,1-3H3. The molecule has 8 heteroatoms. The number of carbonyl (C=O) groups excluding carboxylic acids is 1. The lowest BCUT2D eigenvalue weighted by atomic mass is 9.98. The van der Waals surface area contributed by atoms with Crippen LogP contribution >= 0.6 is 0 Å². The van der Waals surface area contributed by atoms with Gasteiger partial charge in [-0.3, -0.25) is 4.79 Å². The van der Waals surface area contributed by atoms with Crippen LogP contribution in [0.3, 0.4) is 0 Å². The fraction of sp³-hybridized carbons (Fsp3) is 0.292. The fourth-order valence-electron chi connectivity index (χ4n) is 4.14. The summed E-state index contributed by atoms with van der Waals surface area (Å²) in [5.74, 6) is -0.760. The number of alkyl halides is 3. The van der Waals surface area contributed by atoms with E-state index in [2.05, 4.69) is 4.57 Å². The molecule has 3 aromatic rings. The lowest BCUT2D eigenvalue weighted by molar-refractivity contribution is -0.138. The Balaban J connectivity index is 1.75. The summed E-state index contributed by atoms with van der Waals surface area (Å²) in [6.07, 6.45) is -2.67. The summed E-state index contributed by atoms with van der Waals surface area (Å²) < 4.78 is 47.5. The summed E-state index contributed by atoms with van der Waals surface area (Å²) in [6, 6.07) is 14.8. The summed E-state index contributed by atoms with van der Waals surface area (Å²) in [5, 5.41) is 0. The molecule has 1 aliphatic heterocycles. The van der Waals surface area contributed by atoms with Crippen molar-refractivity contribution in [3.63, 3.8) is 0 Å². The monoisotopic (exact) mass is 443 g/mol. The maximum atomic E-state index is 13.5. The minimum absolute atomic E-state index is 0.0203. The van der Waals surface area contributed by atoms with E-state index in [1.165, 1.54) is 19.2 Å². The molecular weight excluding hydrogens is 419 g/mol. The number of rotatable bonds is 4. The van der Waals surface area contributed by atoms with Crippen LogP contribution in [0.5, 0.6) is 5.75 Å². The van der Waals surface area contributed by atoms with Crippen molar-refractivity contribution in [2.24, 2.45) is 0 Å². The van der Waals surface area contributed by atoms with Crippen molar-refractivity contribution in [3.05, 3.63) is 83.2 Å². The minimum Gasteiger partial charge on any atom is -0.496 e. The minimum atomic E-state index is -4.63. The van der Waals surface area contributed by atoms with Crippen molar-refractivity contribution in [1.82, 2.24) is 9.47 Å². The second kappa shape index (κ2) is 8.26. The molecule has 2 heterocycles. The summed E-state index contributed by atoms with van der Waals surface area (Å²) >= 11 is 0. The molecule has 0 N–H and O–H groups in total. The van der Waals surface area contributed by atoms with Gasteiger partial charge in [0.25, 0.3) is 5.91 Å². The van der Waals surface area contributed by atoms with Gasteiger partial charge in [-0.2, -0.15) is 13.2 Å². The van der Waals surface area contributed by atoms with Gasteiger partial charge in [-0.25, -0.2) is 0 Å². The van der Waals surface area contributed by atoms with Crippen LogP contribution in [0.2, 0.25) is 0 Å². The first-order valence-electron chi connectivity index (χ1n) is 10.2. The average Bonchev–Trinajstić information content (AvgIpc) is 3.26. The Labute approximate surface area is 184 Å². The quantitative estimate of drug-likeness (QED) is 0.580. The van der Waals surface area contributed by atoms with Crippen molar-refractivity contribution in [1.29, 1.82) is 0 Å². The van der Waals surface area contributed by atoms with Gasteiger partial charge in [0.05, 0.1) is 18.7 Å². The Bertz CT molecular complexity index is 1120. The molecule has 4 rings (SSSR count). The van der Waals surface area contributed by atoms with Crippen molar-refractivity contribution in [2.45, 2.75) is 18.8 Å². The summed E-state index contributed by atoms with van der Waals surface area (Å²) in [6.45, 7) is 0.955. The number of hydrogen-bond donors (Lipinski definition) is 0. The van der Waals surface area contributed by atoms with E-state index in [0.29, 0.717) is 13.1 Å². The molecular formula is C24H24F3N3O2. The number of methoxy groups -OCH3 is 1. The zero-order chi connectivity index (χ0) is 23.0. The molecule has 168 valence electrons. The smallest absolute Gasteiger partial charge is 0.419 e. The number of amides is 1. The van der Waals surface area contributed by atoms with E-state index in [-0.39, 0.29) is 11.3 Å². The Hall–Kier alpha value is -3.42. The van der Waals surface area contributed by atoms with Crippen LogP contribution in [0.1, 0.15) is 33.2 Å². The highest BCUT2D eigenvalue weighted by Gasteiger charge is 2.37. The van der Waals surface area contributed by atoms with Gasteiger partial charge in [0.1, 0.15) is 5.75 Å². The molecule has 0 bridgehead atoms. The predicted molar refractivity (Wildman–Crippen MR) is 116 cm³/mol. The van der Waals surface area contributed by atoms with E-state index < -0.39 is 23.7 Å². The normalized spacial score (nSPS) is 15.9. The highest BCUT2D eigenvalue weighted by atomic mass is 19.4. The van der Waals surface area contributed by atoms with Crippen molar-refractivity contribution >= 4 is 11.6 Å². The van der Waals surface area contributed by atoms with Gasteiger partial charge < -0.3 is 19.1 Å². The Morgan fingerprint density at radius 1 is 1.06 bits per heavy atom. The largest absolute Gasteiger partial charge is 0.496 e. The second-order valence-corrected chi connectivity index (χ2v) is 7.93. The SMILES string of the molecule is COc1ccc(C(=O)N2CCn3cccc3C2c2ccc(N(C)C)cc2)cc1C(F)(F)F. The van der Waals surface area contributed by atoms with Crippen LogP contribution in [-0.4, -0.2) is 43.1 Å². The van der Waals surface area contributed by atoms with E-state index in [9.17, 15) is 18.0 Å². The van der Waals surface area contributed by atoms with Gasteiger partial charge in [-0.1, -0.05) is 12.1 Å². The van der Waals surface area contributed by atoms with Crippen molar-refractivity contribution in [3.8, 4) is 5.75 Å². The van der Waals surface area contributed by atoms with Gasteiger partial charge >= 0.3 is 6.18 Å². The first kappa shape index (κ1) is 21.8. The molecule has 2 aromatic carbocycles. The first-order valence-corrected chi connectivity index (χ1v) is 10.2. The average molecular weight is 443 g/mol. The first-order chi connectivity index (χ1) is 15.2. The highest BCUT2D eigenvalue weighted by molar-refractivity contribution is 5.95. The maximum Gasteiger partial charge on any atom is 0.419 e. The number of anilines is 1. The Kier molecular flexibility index (Phi) is 5.62. The molecule has 1 unspecified atom stereocenters. The third-order valence-corrected chi connectivity index (χ3v) is 5.78. The van der Waals surface area contributed by atoms with Gasteiger partial charge in [-0.15, -0.1) is 0 Å². The van der Waals surface area contributed by atoms with Crippen LogP contribution in [0.25, 0.3) is 0 Å². The summed E-state index contributed by atoms with van der Waals surface area (Å²) in [7, 11) is 5.06. The maximum absolute atomic E-state index is 13.5. The molecule has 1 aliphatic rings. The van der Waals surface area contributed by atoms with Gasteiger partial charge in [-0.05, 0) is 48.0 Å². The molecule has 1 amide bonds. The summed E-state index contributed by atoms with van der Waals surface area (Å²) in [5.41, 5.74) is 1.86. The predicted octanol–water partition coefficient (Wildman–Crippen LogP) is 4.83. The number of nitrogens with zero attached hydrogens (tertiary/aromatic N) is 3. The Morgan fingerprint density at radius 3 is 2.41 bits per heavy atom. The van der Waals surface area contributed by atoms with E-state index >= 15 is 0 Å². The number of halogens is 3. The van der Waals surface area contributed by atoms with E-state index in [4.69, 9.17) is 4.74 Å².